The lowest BCUT2D eigenvalue weighted by molar-refractivity contribution is 0.103. The number of aromatic amines is 1. The monoisotopic (exact) mass is 330 g/mol. The molecule has 0 unspecified atom stereocenters. The van der Waals surface area contributed by atoms with Crippen molar-refractivity contribution in [2.24, 2.45) is 0 Å². The highest BCUT2D eigenvalue weighted by molar-refractivity contribution is 6.15. The van der Waals surface area contributed by atoms with Gasteiger partial charge in [0.05, 0.1) is 17.5 Å². The SMILES string of the molecule is O=C(c1ccccc1)c1cc(Cc2ccc(=O)[nH]n2)cc2ccoc12. The number of furan rings is 1. The lowest BCUT2D eigenvalue weighted by atomic mass is 9.97. The molecule has 0 aliphatic rings. The summed E-state index contributed by atoms with van der Waals surface area (Å²) < 4.78 is 5.53. The van der Waals surface area contributed by atoms with Crippen molar-refractivity contribution in [2.45, 2.75) is 6.42 Å². The molecule has 0 saturated carbocycles. The van der Waals surface area contributed by atoms with E-state index in [2.05, 4.69) is 10.2 Å². The smallest absolute Gasteiger partial charge is 0.264 e. The molecule has 122 valence electrons. The van der Waals surface area contributed by atoms with Gasteiger partial charge in [-0.3, -0.25) is 9.59 Å². The number of aromatic nitrogens is 2. The third-order valence-electron chi connectivity index (χ3n) is 4.01. The number of H-pyrrole nitrogens is 1. The van der Waals surface area contributed by atoms with Crippen LogP contribution in [0.15, 0.2) is 76.1 Å². The van der Waals surface area contributed by atoms with Gasteiger partial charge in [0.15, 0.2) is 5.78 Å². The third-order valence-corrected chi connectivity index (χ3v) is 4.01. The van der Waals surface area contributed by atoms with Crippen LogP contribution < -0.4 is 5.56 Å². The molecule has 0 atom stereocenters. The van der Waals surface area contributed by atoms with E-state index in [1.165, 1.54) is 6.07 Å². The zero-order chi connectivity index (χ0) is 17.2. The number of hydrogen-bond donors (Lipinski definition) is 1. The number of benzene rings is 2. The molecule has 5 nitrogen and oxygen atoms in total. The molecule has 2 aromatic carbocycles. The Hall–Kier alpha value is -3.47. The topological polar surface area (TPSA) is 76.0 Å². The van der Waals surface area contributed by atoms with Crippen molar-refractivity contribution in [2.75, 3.05) is 0 Å². The number of hydrogen-bond acceptors (Lipinski definition) is 4. The highest BCUT2D eigenvalue weighted by Crippen LogP contribution is 2.25. The summed E-state index contributed by atoms with van der Waals surface area (Å²) in [7, 11) is 0. The average molecular weight is 330 g/mol. The van der Waals surface area contributed by atoms with E-state index in [1.54, 1.807) is 24.5 Å². The van der Waals surface area contributed by atoms with Gasteiger partial charge in [-0.15, -0.1) is 0 Å². The molecule has 0 saturated heterocycles. The minimum absolute atomic E-state index is 0.0863. The van der Waals surface area contributed by atoms with Crippen LogP contribution in [0.1, 0.15) is 27.2 Å². The van der Waals surface area contributed by atoms with Gasteiger partial charge in [0, 0.05) is 23.4 Å². The van der Waals surface area contributed by atoms with Crippen molar-refractivity contribution in [1.29, 1.82) is 0 Å². The molecule has 0 aliphatic heterocycles. The minimum atomic E-state index is -0.242. The number of nitrogens with zero attached hydrogens (tertiary/aromatic N) is 1. The van der Waals surface area contributed by atoms with E-state index < -0.39 is 0 Å². The van der Waals surface area contributed by atoms with Crippen LogP contribution in [0.4, 0.5) is 0 Å². The number of carbonyl (C=O) groups excluding carboxylic acids is 1. The van der Waals surface area contributed by atoms with Crippen molar-refractivity contribution in [3.05, 3.63) is 99.7 Å². The summed E-state index contributed by atoms with van der Waals surface area (Å²) in [6, 6.07) is 17.9. The molecule has 4 rings (SSSR count). The number of rotatable bonds is 4. The van der Waals surface area contributed by atoms with Crippen LogP contribution in [0, 0.1) is 0 Å². The zero-order valence-electron chi connectivity index (χ0n) is 13.2. The van der Waals surface area contributed by atoms with Gasteiger partial charge in [0.1, 0.15) is 5.58 Å². The molecule has 2 aromatic heterocycles. The van der Waals surface area contributed by atoms with Gasteiger partial charge in [-0.25, -0.2) is 5.10 Å². The molecule has 0 spiro atoms. The van der Waals surface area contributed by atoms with Crippen molar-refractivity contribution >= 4 is 16.8 Å². The molecular weight excluding hydrogens is 316 g/mol. The van der Waals surface area contributed by atoms with E-state index in [0.29, 0.717) is 23.1 Å². The Bertz CT molecular complexity index is 1090. The van der Waals surface area contributed by atoms with Crippen LogP contribution in [-0.2, 0) is 6.42 Å². The zero-order valence-corrected chi connectivity index (χ0v) is 13.2. The van der Waals surface area contributed by atoms with Gasteiger partial charge in [-0.2, -0.15) is 5.10 Å². The first-order chi connectivity index (χ1) is 12.2. The highest BCUT2D eigenvalue weighted by atomic mass is 16.3. The molecule has 2 heterocycles. The predicted octanol–water partition coefficient (Wildman–Crippen LogP) is 3.34. The standard InChI is InChI=1S/C20H14N2O3/c23-18-7-6-16(21-22-18)11-13-10-15-8-9-25-20(15)17(12-13)19(24)14-4-2-1-3-5-14/h1-10,12H,11H2,(H,22,23). The van der Waals surface area contributed by atoms with Crippen LogP contribution in [0.2, 0.25) is 0 Å². The van der Waals surface area contributed by atoms with E-state index in [9.17, 15) is 9.59 Å². The molecule has 1 N–H and O–H groups in total. The van der Waals surface area contributed by atoms with Crippen molar-refractivity contribution in [3.63, 3.8) is 0 Å². The van der Waals surface area contributed by atoms with E-state index in [0.717, 1.165) is 16.6 Å². The highest BCUT2D eigenvalue weighted by Gasteiger charge is 2.16. The number of ketones is 1. The first-order valence-corrected chi connectivity index (χ1v) is 7.85. The average Bonchev–Trinajstić information content (AvgIpc) is 3.12. The van der Waals surface area contributed by atoms with Gasteiger partial charge in [-0.1, -0.05) is 30.3 Å². The number of carbonyl (C=O) groups is 1. The van der Waals surface area contributed by atoms with Gasteiger partial charge in [-0.05, 0) is 29.8 Å². The van der Waals surface area contributed by atoms with Crippen LogP contribution >= 0.6 is 0 Å². The largest absolute Gasteiger partial charge is 0.464 e. The van der Waals surface area contributed by atoms with Gasteiger partial charge in [0.2, 0.25) is 0 Å². The maximum atomic E-state index is 12.9. The summed E-state index contributed by atoms with van der Waals surface area (Å²) in [4.78, 5) is 24.0. The summed E-state index contributed by atoms with van der Waals surface area (Å²) in [6.07, 6.45) is 2.08. The lowest BCUT2D eigenvalue weighted by Gasteiger charge is -2.06. The summed E-state index contributed by atoms with van der Waals surface area (Å²) in [5.41, 5.74) is 3.11. The predicted molar refractivity (Wildman–Crippen MR) is 93.8 cm³/mol. The normalized spacial score (nSPS) is 10.9. The Morgan fingerprint density at radius 3 is 2.64 bits per heavy atom. The van der Waals surface area contributed by atoms with E-state index in [4.69, 9.17) is 4.42 Å². The fourth-order valence-electron chi connectivity index (χ4n) is 2.84. The van der Waals surface area contributed by atoms with Gasteiger partial charge >= 0.3 is 0 Å². The van der Waals surface area contributed by atoms with Crippen LogP contribution in [0.25, 0.3) is 11.0 Å². The minimum Gasteiger partial charge on any atom is -0.464 e. The van der Waals surface area contributed by atoms with E-state index >= 15 is 0 Å². The summed E-state index contributed by atoms with van der Waals surface area (Å²) in [6.45, 7) is 0. The van der Waals surface area contributed by atoms with Gasteiger partial charge < -0.3 is 4.42 Å². The summed E-state index contributed by atoms with van der Waals surface area (Å²) in [5, 5.41) is 7.31. The van der Waals surface area contributed by atoms with Crippen LogP contribution in [-0.4, -0.2) is 16.0 Å². The molecule has 0 fully saturated rings. The van der Waals surface area contributed by atoms with E-state index in [1.807, 2.05) is 36.4 Å². The van der Waals surface area contributed by atoms with Gasteiger partial charge in [0.25, 0.3) is 5.56 Å². The maximum absolute atomic E-state index is 12.9. The van der Waals surface area contributed by atoms with Crippen molar-refractivity contribution in [3.8, 4) is 0 Å². The van der Waals surface area contributed by atoms with Crippen molar-refractivity contribution in [1.82, 2.24) is 10.2 Å². The number of nitrogens with one attached hydrogen (secondary N) is 1. The summed E-state index contributed by atoms with van der Waals surface area (Å²) >= 11 is 0. The first-order valence-electron chi connectivity index (χ1n) is 7.85. The Morgan fingerprint density at radius 1 is 1.04 bits per heavy atom. The van der Waals surface area contributed by atoms with Crippen LogP contribution in [0.3, 0.4) is 0 Å². The molecule has 0 aliphatic carbocycles. The fourth-order valence-corrected chi connectivity index (χ4v) is 2.84. The first kappa shape index (κ1) is 15.1. The molecular formula is C20H14N2O3. The molecule has 0 amide bonds. The second-order valence-corrected chi connectivity index (χ2v) is 5.77. The maximum Gasteiger partial charge on any atom is 0.264 e. The Kier molecular flexibility index (Phi) is 3.74. The quantitative estimate of drug-likeness (QED) is 0.582. The molecule has 0 radical (unpaired) electrons. The summed E-state index contributed by atoms with van der Waals surface area (Å²) in [5.74, 6) is -0.0863. The second-order valence-electron chi connectivity index (χ2n) is 5.77. The Balaban J connectivity index is 1.78. The van der Waals surface area contributed by atoms with Crippen molar-refractivity contribution < 1.29 is 9.21 Å². The molecule has 5 heteroatoms. The third kappa shape index (κ3) is 2.99. The van der Waals surface area contributed by atoms with E-state index in [-0.39, 0.29) is 11.3 Å². The fraction of sp³-hybridized carbons (Fsp3) is 0.0500. The second kappa shape index (κ2) is 6.20. The lowest BCUT2D eigenvalue weighted by Crippen LogP contribution is -2.08. The number of fused-ring (bicyclic) bond motifs is 1. The Labute approximate surface area is 142 Å². The molecule has 4 aromatic rings. The molecule has 25 heavy (non-hydrogen) atoms. The molecule has 0 bridgehead atoms. The van der Waals surface area contributed by atoms with Crippen LogP contribution in [0.5, 0.6) is 0 Å². The Morgan fingerprint density at radius 2 is 1.88 bits per heavy atom.